The fourth-order valence-electron chi connectivity index (χ4n) is 1.41. The maximum atomic E-state index is 11.9. The van der Waals surface area contributed by atoms with Gasteiger partial charge in [-0.2, -0.15) is 28.7 Å². The lowest BCUT2D eigenvalue weighted by molar-refractivity contribution is 0.339. The van der Waals surface area contributed by atoms with Crippen LogP contribution in [0.4, 0.5) is 0 Å². The van der Waals surface area contributed by atoms with Gasteiger partial charge in [0.1, 0.15) is 16.7 Å². The Morgan fingerprint density at radius 2 is 2.05 bits per heavy atom. The summed E-state index contributed by atoms with van der Waals surface area (Å²) in [5.41, 5.74) is 0.757. The van der Waals surface area contributed by atoms with Gasteiger partial charge in [-0.15, -0.1) is 0 Å². The van der Waals surface area contributed by atoms with Crippen LogP contribution in [0.2, 0.25) is 0 Å². The van der Waals surface area contributed by atoms with Gasteiger partial charge in [0.05, 0.1) is 6.20 Å². The van der Waals surface area contributed by atoms with Gasteiger partial charge < -0.3 is 0 Å². The molecule has 2 aromatic rings. The molecule has 0 amide bonds. The van der Waals surface area contributed by atoms with Crippen LogP contribution in [-0.4, -0.2) is 29.1 Å². The van der Waals surface area contributed by atoms with Crippen molar-refractivity contribution in [1.82, 2.24) is 15.0 Å². The van der Waals surface area contributed by atoms with Crippen molar-refractivity contribution in [2.45, 2.75) is 11.8 Å². The predicted octanol–water partition coefficient (Wildman–Crippen LogP) is 0.757. The molecule has 0 saturated carbocycles. The van der Waals surface area contributed by atoms with E-state index in [1.807, 2.05) is 6.92 Å². The Hall–Kier alpha value is -2.73. The summed E-state index contributed by atoms with van der Waals surface area (Å²) < 4.78 is 28.4. The lowest BCUT2D eigenvalue weighted by atomic mass is 10.2. The number of nitriles is 1. The Balaban J connectivity index is 2.26. The molecule has 0 aliphatic carbocycles. The van der Waals surface area contributed by atoms with Crippen molar-refractivity contribution in [3.8, 4) is 6.07 Å². The number of hydrogen-bond donors (Lipinski definition) is 0. The predicted molar refractivity (Wildman–Crippen MR) is 72.6 cm³/mol. The quantitative estimate of drug-likeness (QED) is 0.609. The topological polar surface area (TPSA) is 110 Å². The highest BCUT2D eigenvalue weighted by molar-refractivity contribution is 7.86. The second kappa shape index (κ2) is 5.72. The summed E-state index contributed by atoms with van der Waals surface area (Å²) in [5, 5.41) is 19.9. The summed E-state index contributed by atoms with van der Waals surface area (Å²) in [6.07, 6.45) is 1.28. The molecule has 9 heteroatoms. The van der Waals surface area contributed by atoms with Crippen LogP contribution in [-0.2, 0) is 21.4 Å². The molecule has 1 aromatic carbocycles. The van der Waals surface area contributed by atoms with Gasteiger partial charge >= 0.3 is 10.1 Å². The Kier molecular flexibility index (Phi) is 4.00. The maximum Gasteiger partial charge on any atom is 0.358 e. The Labute approximate surface area is 121 Å². The largest absolute Gasteiger partial charge is 0.358 e. The Bertz CT molecular complexity index is 815. The van der Waals surface area contributed by atoms with Crippen LogP contribution in [0.25, 0.3) is 0 Å². The van der Waals surface area contributed by atoms with Crippen molar-refractivity contribution in [2.24, 2.45) is 12.2 Å². The third-order valence-electron chi connectivity index (χ3n) is 2.48. The van der Waals surface area contributed by atoms with E-state index in [0.717, 1.165) is 5.56 Å². The van der Waals surface area contributed by atoms with Crippen LogP contribution in [0.5, 0.6) is 0 Å². The van der Waals surface area contributed by atoms with Gasteiger partial charge in [0.2, 0.25) is 5.71 Å². The minimum Gasteiger partial charge on any atom is -0.263 e. The van der Waals surface area contributed by atoms with Crippen molar-refractivity contribution >= 4 is 15.8 Å². The minimum absolute atomic E-state index is 0.0479. The first-order valence-corrected chi connectivity index (χ1v) is 7.18. The first-order chi connectivity index (χ1) is 9.92. The van der Waals surface area contributed by atoms with E-state index < -0.39 is 10.1 Å². The average molecular weight is 305 g/mol. The summed E-state index contributed by atoms with van der Waals surface area (Å²) in [7, 11) is -2.52. The monoisotopic (exact) mass is 305 g/mol. The van der Waals surface area contributed by atoms with E-state index in [9.17, 15) is 8.42 Å². The number of oxime groups is 1. The van der Waals surface area contributed by atoms with Crippen LogP contribution >= 0.6 is 0 Å². The second-order valence-corrected chi connectivity index (χ2v) is 5.64. The van der Waals surface area contributed by atoms with Crippen molar-refractivity contribution in [1.29, 1.82) is 5.26 Å². The van der Waals surface area contributed by atoms with Gasteiger partial charge in [-0.3, -0.25) is 4.28 Å². The molecular formula is C12H11N5O3S. The molecule has 21 heavy (non-hydrogen) atoms. The van der Waals surface area contributed by atoms with E-state index in [-0.39, 0.29) is 16.3 Å². The molecule has 0 saturated heterocycles. The summed E-state index contributed by atoms with van der Waals surface area (Å²) in [6, 6.07) is 7.77. The molecule has 0 bridgehead atoms. The molecule has 0 fully saturated rings. The number of benzene rings is 1. The molecule has 8 nitrogen and oxygen atoms in total. The van der Waals surface area contributed by atoms with Crippen LogP contribution < -0.4 is 0 Å². The molecule has 0 aliphatic heterocycles. The number of aromatic nitrogens is 3. The van der Waals surface area contributed by atoms with E-state index in [2.05, 4.69) is 19.6 Å². The van der Waals surface area contributed by atoms with Gasteiger partial charge in [-0.25, -0.2) is 0 Å². The molecular weight excluding hydrogens is 294 g/mol. The average Bonchev–Trinajstić information content (AvgIpc) is 2.86. The molecule has 0 radical (unpaired) electrons. The first kappa shape index (κ1) is 14.7. The second-order valence-electron chi connectivity index (χ2n) is 4.11. The standard InChI is InChI=1S/C12H11N5O3S/c1-9-3-5-10(6-4-9)21(18,19)20-16-11(7-13)12-8-14-17(2)15-12/h3-6,8H,1-2H3/b16-11+. The molecule has 1 heterocycles. The normalized spacial score (nSPS) is 12.0. The number of rotatable bonds is 4. The zero-order chi connectivity index (χ0) is 15.5. The third-order valence-corrected chi connectivity index (χ3v) is 3.60. The van der Waals surface area contributed by atoms with Crippen LogP contribution in [0.3, 0.4) is 0 Å². The number of nitrogens with zero attached hydrogens (tertiary/aromatic N) is 5. The fourth-order valence-corrected chi connectivity index (χ4v) is 2.14. The van der Waals surface area contributed by atoms with Crippen molar-refractivity contribution in [3.63, 3.8) is 0 Å². The van der Waals surface area contributed by atoms with Gasteiger partial charge in [0, 0.05) is 7.05 Å². The van der Waals surface area contributed by atoms with E-state index in [1.165, 1.54) is 23.1 Å². The molecule has 0 spiro atoms. The highest BCUT2D eigenvalue weighted by Crippen LogP contribution is 2.13. The molecule has 108 valence electrons. The van der Waals surface area contributed by atoms with E-state index >= 15 is 0 Å². The zero-order valence-electron chi connectivity index (χ0n) is 11.3. The smallest absolute Gasteiger partial charge is 0.263 e. The minimum atomic E-state index is -4.08. The first-order valence-electron chi connectivity index (χ1n) is 5.77. The van der Waals surface area contributed by atoms with Gasteiger partial charge in [0.15, 0.2) is 0 Å². The maximum absolute atomic E-state index is 11.9. The summed E-state index contributed by atoms with van der Waals surface area (Å²) >= 11 is 0. The molecule has 0 N–H and O–H groups in total. The fraction of sp³-hybridized carbons (Fsp3) is 0.167. The summed E-state index contributed by atoms with van der Waals surface area (Å²) in [6.45, 7) is 1.83. The molecule has 0 atom stereocenters. The van der Waals surface area contributed by atoms with Crippen LogP contribution in [0.1, 0.15) is 11.3 Å². The van der Waals surface area contributed by atoms with Gasteiger partial charge in [-0.1, -0.05) is 22.9 Å². The number of aryl methyl sites for hydroxylation is 2. The molecule has 0 aliphatic rings. The lowest BCUT2D eigenvalue weighted by Crippen LogP contribution is -2.07. The highest BCUT2D eigenvalue weighted by Gasteiger charge is 2.17. The molecule has 1 aromatic heterocycles. The third kappa shape index (κ3) is 3.43. The van der Waals surface area contributed by atoms with Crippen LogP contribution in [0, 0.1) is 18.3 Å². The SMILES string of the molecule is Cc1ccc(S(=O)(=O)O/N=C(\C#N)c2cnn(C)n2)cc1. The molecule has 2 rings (SSSR count). The van der Waals surface area contributed by atoms with E-state index in [1.54, 1.807) is 25.2 Å². The van der Waals surface area contributed by atoms with Crippen molar-refractivity contribution < 1.29 is 12.7 Å². The molecule has 0 unspecified atom stereocenters. The van der Waals surface area contributed by atoms with E-state index in [4.69, 9.17) is 5.26 Å². The lowest BCUT2D eigenvalue weighted by Gasteiger charge is -2.01. The zero-order valence-corrected chi connectivity index (χ0v) is 12.1. The Morgan fingerprint density at radius 3 is 2.57 bits per heavy atom. The van der Waals surface area contributed by atoms with Crippen molar-refractivity contribution in [3.05, 3.63) is 41.7 Å². The van der Waals surface area contributed by atoms with E-state index in [0.29, 0.717) is 0 Å². The highest BCUT2D eigenvalue weighted by atomic mass is 32.2. The van der Waals surface area contributed by atoms with Gasteiger partial charge in [0.25, 0.3) is 0 Å². The van der Waals surface area contributed by atoms with Crippen LogP contribution in [0.15, 0.2) is 40.5 Å². The summed E-state index contributed by atoms with van der Waals surface area (Å²) in [5.74, 6) is 0. The number of hydrogen-bond acceptors (Lipinski definition) is 7. The summed E-state index contributed by atoms with van der Waals surface area (Å²) in [4.78, 5) is 1.17. The van der Waals surface area contributed by atoms with Crippen molar-refractivity contribution in [2.75, 3.05) is 0 Å². The Morgan fingerprint density at radius 1 is 1.38 bits per heavy atom. The van der Waals surface area contributed by atoms with Gasteiger partial charge in [-0.05, 0) is 19.1 Å².